The molecule has 30 heavy (non-hydrogen) atoms. The van der Waals surface area contributed by atoms with Crippen LogP contribution in [0.15, 0.2) is 78.9 Å². The van der Waals surface area contributed by atoms with Crippen LogP contribution in [0.2, 0.25) is 0 Å². The summed E-state index contributed by atoms with van der Waals surface area (Å²) in [6, 6.07) is 23.2. The van der Waals surface area contributed by atoms with Gasteiger partial charge in [-0.1, -0.05) is 38.1 Å². The zero-order valence-electron chi connectivity index (χ0n) is 17.2. The van der Waals surface area contributed by atoms with Crippen LogP contribution in [0.5, 0.6) is 5.75 Å². The van der Waals surface area contributed by atoms with Gasteiger partial charge >= 0.3 is 0 Å². The molecule has 2 amide bonds. The Balaban J connectivity index is 1.57. The van der Waals surface area contributed by atoms with Gasteiger partial charge in [0.25, 0.3) is 11.8 Å². The van der Waals surface area contributed by atoms with Gasteiger partial charge in [0, 0.05) is 22.5 Å². The van der Waals surface area contributed by atoms with Crippen LogP contribution in [0.4, 0.5) is 11.4 Å². The molecule has 0 radical (unpaired) electrons. The molecule has 0 aromatic heterocycles. The Morgan fingerprint density at radius 3 is 1.93 bits per heavy atom. The van der Waals surface area contributed by atoms with Crippen molar-refractivity contribution in [3.63, 3.8) is 0 Å². The fraction of sp³-hybridized carbons (Fsp3) is 0.200. The van der Waals surface area contributed by atoms with Gasteiger partial charge in [0.2, 0.25) is 0 Å². The van der Waals surface area contributed by atoms with Crippen molar-refractivity contribution in [2.75, 3.05) is 17.2 Å². The summed E-state index contributed by atoms with van der Waals surface area (Å²) >= 11 is 0. The number of anilines is 2. The van der Waals surface area contributed by atoms with Gasteiger partial charge in [-0.2, -0.15) is 0 Å². The smallest absolute Gasteiger partial charge is 0.255 e. The first kappa shape index (κ1) is 21.1. The molecule has 154 valence electrons. The summed E-state index contributed by atoms with van der Waals surface area (Å²) in [4.78, 5) is 24.8. The van der Waals surface area contributed by atoms with Gasteiger partial charge in [-0.15, -0.1) is 0 Å². The van der Waals surface area contributed by atoms with Crippen molar-refractivity contribution in [2.24, 2.45) is 5.92 Å². The summed E-state index contributed by atoms with van der Waals surface area (Å²) in [6.45, 7) is 4.91. The number of hydrogen-bond donors (Lipinski definition) is 2. The number of carbonyl (C=O) groups is 2. The third-order valence-electron chi connectivity index (χ3n) is 4.50. The predicted molar refractivity (Wildman–Crippen MR) is 120 cm³/mol. The molecule has 3 aromatic rings. The summed E-state index contributed by atoms with van der Waals surface area (Å²) in [5.74, 6) is 0.853. The molecule has 0 saturated carbocycles. The fourth-order valence-electron chi connectivity index (χ4n) is 2.77. The average molecular weight is 402 g/mol. The van der Waals surface area contributed by atoms with E-state index in [1.54, 1.807) is 48.5 Å². The van der Waals surface area contributed by atoms with E-state index < -0.39 is 0 Å². The van der Waals surface area contributed by atoms with Crippen LogP contribution in [0.25, 0.3) is 0 Å². The third-order valence-corrected chi connectivity index (χ3v) is 4.50. The predicted octanol–water partition coefficient (Wildman–Crippen LogP) is 5.62. The van der Waals surface area contributed by atoms with E-state index in [2.05, 4.69) is 24.5 Å². The van der Waals surface area contributed by atoms with Gasteiger partial charge in [-0.3, -0.25) is 9.59 Å². The molecule has 0 bridgehead atoms. The number of ether oxygens (including phenoxy) is 1. The first-order valence-corrected chi connectivity index (χ1v) is 10.0. The van der Waals surface area contributed by atoms with Crippen molar-refractivity contribution in [3.8, 4) is 5.75 Å². The van der Waals surface area contributed by atoms with Crippen LogP contribution in [-0.2, 0) is 0 Å². The van der Waals surface area contributed by atoms with Gasteiger partial charge in [0.15, 0.2) is 0 Å². The molecule has 0 aliphatic rings. The third kappa shape index (κ3) is 6.21. The Morgan fingerprint density at radius 2 is 1.33 bits per heavy atom. The molecule has 0 heterocycles. The zero-order chi connectivity index (χ0) is 21.3. The maximum absolute atomic E-state index is 12.6. The van der Waals surface area contributed by atoms with E-state index in [0.717, 1.165) is 6.42 Å². The second kappa shape index (κ2) is 10.3. The molecule has 0 saturated heterocycles. The number of benzene rings is 3. The van der Waals surface area contributed by atoms with E-state index in [9.17, 15) is 9.59 Å². The number of amides is 2. The Kier molecular flexibility index (Phi) is 7.22. The van der Waals surface area contributed by atoms with Crippen molar-refractivity contribution < 1.29 is 14.3 Å². The Bertz CT molecular complexity index is 983. The minimum absolute atomic E-state index is 0.179. The highest BCUT2D eigenvalue weighted by molar-refractivity contribution is 6.05. The van der Waals surface area contributed by atoms with Crippen molar-refractivity contribution in [1.29, 1.82) is 0 Å². The van der Waals surface area contributed by atoms with Crippen LogP contribution < -0.4 is 15.4 Å². The molecular weight excluding hydrogens is 376 g/mol. The van der Waals surface area contributed by atoms with Crippen LogP contribution in [0.1, 0.15) is 41.0 Å². The largest absolute Gasteiger partial charge is 0.494 e. The van der Waals surface area contributed by atoms with Gasteiger partial charge < -0.3 is 15.4 Å². The molecule has 0 fully saturated rings. The zero-order valence-corrected chi connectivity index (χ0v) is 17.2. The summed E-state index contributed by atoms with van der Waals surface area (Å²) < 4.78 is 5.73. The van der Waals surface area contributed by atoms with Crippen molar-refractivity contribution in [3.05, 3.63) is 90.0 Å². The van der Waals surface area contributed by atoms with Crippen LogP contribution >= 0.6 is 0 Å². The molecule has 0 atom stereocenters. The maximum atomic E-state index is 12.6. The first-order valence-electron chi connectivity index (χ1n) is 10.0. The SMILES string of the molecule is CC(C)CCOc1cccc(C(=O)Nc2ccc(NC(=O)c3ccccc3)cc2)c1. The van der Waals surface area contributed by atoms with E-state index in [1.807, 2.05) is 30.3 Å². The number of carbonyl (C=O) groups excluding carboxylic acids is 2. The summed E-state index contributed by atoms with van der Waals surface area (Å²) in [7, 11) is 0. The molecule has 3 rings (SSSR count). The van der Waals surface area contributed by atoms with Gasteiger partial charge in [-0.25, -0.2) is 0 Å². The second-order valence-corrected chi connectivity index (χ2v) is 7.41. The normalized spacial score (nSPS) is 10.5. The summed E-state index contributed by atoms with van der Waals surface area (Å²) in [5, 5.41) is 5.70. The highest BCUT2D eigenvalue weighted by Crippen LogP contribution is 2.18. The Labute approximate surface area is 177 Å². The monoisotopic (exact) mass is 402 g/mol. The maximum Gasteiger partial charge on any atom is 0.255 e. The molecule has 2 N–H and O–H groups in total. The van der Waals surface area contributed by atoms with Crippen LogP contribution in [-0.4, -0.2) is 18.4 Å². The number of rotatable bonds is 8. The quantitative estimate of drug-likeness (QED) is 0.514. The van der Waals surface area contributed by atoms with E-state index >= 15 is 0 Å². The van der Waals surface area contributed by atoms with Gasteiger partial charge in [-0.05, 0) is 66.9 Å². The van der Waals surface area contributed by atoms with E-state index in [4.69, 9.17) is 4.74 Å². The lowest BCUT2D eigenvalue weighted by Crippen LogP contribution is -2.13. The second-order valence-electron chi connectivity index (χ2n) is 7.41. The molecule has 5 heteroatoms. The molecule has 5 nitrogen and oxygen atoms in total. The molecule has 0 aliphatic heterocycles. The Hall–Kier alpha value is -3.60. The topological polar surface area (TPSA) is 67.4 Å². The standard InChI is InChI=1S/C25H26N2O3/c1-18(2)15-16-30-23-10-6-9-20(17-23)25(29)27-22-13-11-21(12-14-22)26-24(28)19-7-4-3-5-8-19/h3-14,17-18H,15-16H2,1-2H3,(H,26,28)(H,27,29). The minimum atomic E-state index is -0.217. The van der Waals surface area contributed by atoms with Crippen molar-refractivity contribution in [1.82, 2.24) is 0 Å². The fourth-order valence-corrected chi connectivity index (χ4v) is 2.77. The summed E-state index contributed by atoms with van der Waals surface area (Å²) in [5.41, 5.74) is 2.41. The molecular formula is C25H26N2O3. The van der Waals surface area contributed by atoms with E-state index in [-0.39, 0.29) is 11.8 Å². The van der Waals surface area contributed by atoms with Crippen LogP contribution in [0, 0.1) is 5.92 Å². The van der Waals surface area contributed by atoms with Gasteiger partial charge in [0.1, 0.15) is 5.75 Å². The van der Waals surface area contributed by atoms with Crippen molar-refractivity contribution >= 4 is 23.2 Å². The summed E-state index contributed by atoms with van der Waals surface area (Å²) in [6.07, 6.45) is 0.962. The number of hydrogen-bond acceptors (Lipinski definition) is 3. The molecule has 0 spiro atoms. The van der Waals surface area contributed by atoms with Crippen LogP contribution in [0.3, 0.4) is 0 Å². The van der Waals surface area contributed by atoms with Crippen molar-refractivity contribution in [2.45, 2.75) is 20.3 Å². The lowest BCUT2D eigenvalue weighted by Gasteiger charge is -2.10. The highest BCUT2D eigenvalue weighted by atomic mass is 16.5. The first-order chi connectivity index (χ1) is 14.5. The number of nitrogens with one attached hydrogen (secondary N) is 2. The molecule has 0 unspecified atom stereocenters. The molecule has 3 aromatic carbocycles. The lowest BCUT2D eigenvalue weighted by atomic mass is 10.1. The Morgan fingerprint density at radius 1 is 0.767 bits per heavy atom. The average Bonchev–Trinajstić information content (AvgIpc) is 2.75. The lowest BCUT2D eigenvalue weighted by molar-refractivity contribution is 0.101. The van der Waals surface area contributed by atoms with Gasteiger partial charge in [0.05, 0.1) is 6.61 Å². The minimum Gasteiger partial charge on any atom is -0.494 e. The molecule has 0 aliphatic carbocycles. The van der Waals surface area contributed by atoms with E-state index in [0.29, 0.717) is 40.8 Å². The van der Waals surface area contributed by atoms with E-state index in [1.165, 1.54) is 0 Å². The highest BCUT2D eigenvalue weighted by Gasteiger charge is 2.09.